The third-order valence-electron chi connectivity index (χ3n) is 2.01. The van der Waals surface area contributed by atoms with Crippen LogP contribution < -0.4 is 5.32 Å². The van der Waals surface area contributed by atoms with E-state index in [-0.39, 0.29) is 5.78 Å². The number of halogens is 1. The molecule has 0 saturated carbocycles. The number of carbonyl (C=O) groups is 2. The second kappa shape index (κ2) is 5.71. The van der Waals surface area contributed by atoms with Gasteiger partial charge in [-0.2, -0.15) is 0 Å². The summed E-state index contributed by atoms with van der Waals surface area (Å²) >= 11 is 7.16. The van der Waals surface area contributed by atoms with E-state index in [4.69, 9.17) is 16.3 Å². The zero-order valence-corrected chi connectivity index (χ0v) is 12.3. The van der Waals surface area contributed by atoms with Crippen LogP contribution in [0.4, 0.5) is 4.79 Å². The highest BCUT2D eigenvalue weighted by atomic mass is 35.5. The number of thiophene rings is 1. The number of hydrogen-bond acceptors (Lipinski definition) is 4. The van der Waals surface area contributed by atoms with Crippen LogP contribution in [-0.2, 0) is 4.74 Å². The van der Waals surface area contributed by atoms with Gasteiger partial charge in [0.1, 0.15) is 9.94 Å². The van der Waals surface area contributed by atoms with Crippen LogP contribution in [0.15, 0.2) is 11.4 Å². The van der Waals surface area contributed by atoms with E-state index in [2.05, 4.69) is 5.32 Å². The molecule has 0 aliphatic heterocycles. The Morgan fingerprint density at radius 2 is 2.06 bits per heavy atom. The standard InChI is InChI=1S/C12H16ClNO3S/c1-7(14-11(16)17-12(2,3)4)9(15)8-5-6-18-10(8)13/h5-7H,1-4H3,(H,14,16). The van der Waals surface area contributed by atoms with Crippen LogP contribution >= 0.6 is 22.9 Å². The van der Waals surface area contributed by atoms with Gasteiger partial charge in [0.05, 0.1) is 6.04 Å². The maximum Gasteiger partial charge on any atom is 0.408 e. The minimum absolute atomic E-state index is 0.230. The lowest BCUT2D eigenvalue weighted by Crippen LogP contribution is -2.41. The molecule has 0 saturated heterocycles. The van der Waals surface area contributed by atoms with Gasteiger partial charge >= 0.3 is 6.09 Å². The molecule has 1 rings (SSSR count). The van der Waals surface area contributed by atoms with Gasteiger partial charge in [-0.15, -0.1) is 11.3 Å². The van der Waals surface area contributed by atoms with Crippen molar-refractivity contribution < 1.29 is 14.3 Å². The molecular weight excluding hydrogens is 274 g/mol. The summed E-state index contributed by atoms with van der Waals surface area (Å²) in [6.45, 7) is 6.87. The summed E-state index contributed by atoms with van der Waals surface area (Å²) in [5, 5.41) is 4.22. The monoisotopic (exact) mass is 289 g/mol. The summed E-state index contributed by atoms with van der Waals surface area (Å²) in [7, 11) is 0. The number of Topliss-reactive ketones (excluding diaryl/α,β-unsaturated/α-hetero) is 1. The van der Waals surface area contributed by atoms with Gasteiger partial charge in [-0.05, 0) is 39.1 Å². The molecular formula is C12H16ClNO3S. The van der Waals surface area contributed by atoms with Crippen molar-refractivity contribution in [2.75, 3.05) is 0 Å². The molecule has 0 aliphatic carbocycles. The number of amides is 1. The van der Waals surface area contributed by atoms with Crippen LogP contribution in [0, 0.1) is 0 Å². The average molecular weight is 290 g/mol. The van der Waals surface area contributed by atoms with Gasteiger partial charge in [0, 0.05) is 5.56 Å². The SMILES string of the molecule is CC(NC(=O)OC(C)(C)C)C(=O)c1ccsc1Cl. The van der Waals surface area contributed by atoms with Crippen molar-refractivity contribution in [3.05, 3.63) is 21.3 Å². The van der Waals surface area contributed by atoms with Crippen LogP contribution in [0.1, 0.15) is 38.1 Å². The van der Waals surface area contributed by atoms with E-state index >= 15 is 0 Å². The first-order chi connectivity index (χ1) is 8.20. The van der Waals surface area contributed by atoms with Crippen molar-refractivity contribution in [3.8, 4) is 0 Å². The Morgan fingerprint density at radius 3 is 2.50 bits per heavy atom. The number of alkyl carbamates (subject to hydrolysis) is 1. The first-order valence-corrected chi connectivity index (χ1v) is 6.73. The van der Waals surface area contributed by atoms with Crippen molar-refractivity contribution in [1.82, 2.24) is 5.32 Å². The lowest BCUT2D eigenvalue weighted by molar-refractivity contribution is 0.0497. The topological polar surface area (TPSA) is 55.4 Å². The van der Waals surface area contributed by atoms with E-state index in [1.54, 1.807) is 39.1 Å². The summed E-state index contributed by atoms with van der Waals surface area (Å²) in [5.41, 5.74) is -0.169. The van der Waals surface area contributed by atoms with Gasteiger partial charge < -0.3 is 10.1 Å². The normalized spacial score (nSPS) is 12.9. The molecule has 1 aromatic heterocycles. The second-order valence-electron chi connectivity index (χ2n) is 4.84. The molecule has 100 valence electrons. The van der Waals surface area contributed by atoms with Gasteiger partial charge in [-0.1, -0.05) is 11.6 Å². The van der Waals surface area contributed by atoms with Crippen LogP contribution in [0.2, 0.25) is 4.34 Å². The highest BCUT2D eigenvalue weighted by Gasteiger charge is 2.23. The predicted octanol–water partition coefficient (Wildman–Crippen LogP) is 3.50. The predicted molar refractivity (Wildman–Crippen MR) is 72.5 cm³/mol. The third-order valence-corrected chi connectivity index (χ3v) is 3.18. The minimum Gasteiger partial charge on any atom is -0.444 e. The van der Waals surface area contributed by atoms with Crippen molar-refractivity contribution in [1.29, 1.82) is 0 Å². The van der Waals surface area contributed by atoms with E-state index in [0.717, 1.165) is 0 Å². The fourth-order valence-corrected chi connectivity index (χ4v) is 2.18. The Balaban J connectivity index is 2.61. The third kappa shape index (κ3) is 4.31. The molecule has 6 heteroatoms. The van der Waals surface area contributed by atoms with Crippen LogP contribution in [0.3, 0.4) is 0 Å². The van der Waals surface area contributed by atoms with Gasteiger partial charge in [0.15, 0.2) is 5.78 Å². The molecule has 0 aromatic carbocycles. The number of ketones is 1. The van der Waals surface area contributed by atoms with E-state index < -0.39 is 17.7 Å². The fraction of sp³-hybridized carbons (Fsp3) is 0.500. The number of nitrogens with one attached hydrogen (secondary N) is 1. The Bertz CT molecular complexity index is 450. The molecule has 0 aliphatic rings. The maximum absolute atomic E-state index is 12.0. The van der Waals surface area contributed by atoms with Crippen LogP contribution in [-0.4, -0.2) is 23.5 Å². The zero-order valence-electron chi connectivity index (χ0n) is 10.7. The van der Waals surface area contributed by atoms with Crippen LogP contribution in [0.5, 0.6) is 0 Å². The first-order valence-electron chi connectivity index (χ1n) is 5.47. The van der Waals surface area contributed by atoms with Crippen molar-refractivity contribution in [3.63, 3.8) is 0 Å². The van der Waals surface area contributed by atoms with E-state index in [0.29, 0.717) is 9.90 Å². The van der Waals surface area contributed by atoms with Crippen LogP contribution in [0.25, 0.3) is 0 Å². The molecule has 0 bridgehead atoms. The summed E-state index contributed by atoms with van der Waals surface area (Å²) < 4.78 is 5.50. The van der Waals surface area contributed by atoms with Gasteiger partial charge in [-0.25, -0.2) is 4.79 Å². The molecule has 1 atom stereocenters. The van der Waals surface area contributed by atoms with Gasteiger partial charge in [0.2, 0.25) is 0 Å². The molecule has 0 fully saturated rings. The first kappa shape index (κ1) is 15.0. The van der Waals surface area contributed by atoms with E-state index in [1.165, 1.54) is 11.3 Å². The molecule has 1 heterocycles. The summed E-state index contributed by atoms with van der Waals surface area (Å²) in [4.78, 5) is 23.5. The molecule has 1 unspecified atom stereocenters. The zero-order chi connectivity index (χ0) is 13.9. The second-order valence-corrected chi connectivity index (χ2v) is 6.36. The molecule has 18 heavy (non-hydrogen) atoms. The number of ether oxygens (including phenoxy) is 1. The van der Waals surface area contributed by atoms with Gasteiger partial charge in [0.25, 0.3) is 0 Å². The van der Waals surface area contributed by atoms with E-state index in [1.807, 2.05) is 0 Å². The molecule has 1 N–H and O–H groups in total. The Hall–Kier alpha value is -1.07. The summed E-state index contributed by atoms with van der Waals surface area (Å²) in [5.74, 6) is -0.230. The number of hydrogen-bond donors (Lipinski definition) is 1. The summed E-state index contributed by atoms with van der Waals surface area (Å²) in [6, 6.07) is 0.967. The molecule has 4 nitrogen and oxygen atoms in total. The largest absolute Gasteiger partial charge is 0.444 e. The van der Waals surface area contributed by atoms with Gasteiger partial charge in [-0.3, -0.25) is 4.79 Å². The Morgan fingerprint density at radius 1 is 1.44 bits per heavy atom. The highest BCUT2D eigenvalue weighted by molar-refractivity contribution is 7.14. The summed E-state index contributed by atoms with van der Waals surface area (Å²) in [6.07, 6.45) is -0.616. The average Bonchev–Trinajstić information content (AvgIpc) is 2.60. The minimum atomic E-state index is -0.674. The number of rotatable bonds is 3. The van der Waals surface area contributed by atoms with Crippen molar-refractivity contribution in [2.45, 2.75) is 39.3 Å². The lowest BCUT2D eigenvalue weighted by Gasteiger charge is -2.21. The smallest absolute Gasteiger partial charge is 0.408 e. The molecule has 0 spiro atoms. The maximum atomic E-state index is 12.0. The fourth-order valence-electron chi connectivity index (χ4n) is 1.25. The lowest BCUT2D eigenvalue weighted by atomic mass is 10.1. The Kier molecular flexibility index (Phi) is 4.76. The highest BCUT2D eigenvalue weighted by Crippen LogP contribution is 2.23. The quantitative estimate of drug-likeness (QED) is 0.867. The molecule has 0 radical (unpaired) electrons. The number of carbonyl (C=O) groups excluding carboxylic acids is 2. The molecule has 1 amide bonds. The Labute approximate surface area is 115 Å². The molecule has 1 aromatic rings. The van der Waals surface area contributed by atoms with Crippen molar-refractivity contribution in [2.24, 2.45) is 0 Å². The van der Waals surface area contributed by atoms with Crippen molar-refractivity contribution >= 4 is 34.8 Å². The van der Waals surface area contributed by atoms with E-state index in [9.17, 15) is 9.59 Å².